The van der Waals surface area contributed by atoms with Gasteiger partial charge in [-0.25, -0.2) is 4.79 Å². The van der Waals surface area contributed by atoms with E-state index < -0.39 is 5.97 Å². The summed E-state index contributed by atoms with van der Waals surface area (Å²) in [6, 6.07) is 1.74. The number of carbonyl (C=O) groups excluding carboxylic acids is 1. The van der Waals surface area contributed by atoms with Crippen molar-refractivity contribution in [2.75, 3.05) is 12.8 Å². The number of aromatic hydroxyl groups is 1. The number of esters is 1. The summed E-state index contributed by atoms with van der Waals surface area (Å²) in [5.74, 6) is -0.383. The molecule has 0 aliphatic heterocycles. The molecule has 1 aromatic carbocycles. The second kappa shape index (κ2) is 19.8. The highest BCUT2D eigenvalue weighted by molar-refractivity contribution is 5.94. The average Bonchev–Trinajstić information content (AvgIpc) is 2.92. The van der Waals surface area contributed by atoms with E-state index in [-0.39, 0.29) is 11.4 Å². The molecular formula is C38H57NO3. The van der Waals surface area contributed by atoms with Gasteiger partial charge in [0.1, 0.15) is 5.75 Å². The van der Waals surface area contributed by atoms with Crippen LogP contribution in [0.3, 0.4) is 0 Å². The molecule has 0 bridgehead atoms. The van der Waals surface area contributed by atoms with Gasteiger partial charge in [0, 0.05) is 5.56 Å². The number of carbonyl (C=O) groups is 1. The second-order valence-electron chi connectivity index (χ2n) is 12.1. The lowest BCUT2D eigenvalue weighted by Gasteiger charge is -2.15. The van der Waals surface area contributed by atoms with Crippen molar-refractivity contribution in [2.45, 2.75) is 120 Å². The van der Waals surface area contributed by atoms with E-state index in [2.05, 4.69) is 91.8 Å². The van der Waals surface area contributed by atoms with Gasteiger partial charge in [-0.05, 0) is 131 Å². The molecule has 0 aliphatic rings. The van der Waals surface area contributed by atoms with Crippen LogP contribution < -0.4 is 5.73 Å². The molecule has 1 aromatic rings. The minimum atomic E-state index is -0.437. The van der Waals surface area contributed by atoms with E-state index >= 15 is 0 Å². The summed E-state index contributed by atoms with van der Waals surface area (Å²) in [4.78, 5) is 12.7. The Balaban J connectivity index is 2.93. The van der Waals surface area contributed by atoms with Crippen molar-refractivity contribution < 1.29 is 14.6 Å². The fourth-order valence-electron chi connectivity index (χ4n) is 4.70. The zero-order valence-corrected chi connectivity index (χ0v) is 28.0. The number of methoxy groups -OCH3 is 1. The van der Waals surface area contributed by atoms with Crippen LogP contribution in [0.2, 0.25) is 0 Å². The number of benzene rings is 1. The minimum Gasteiger partial charge on any atom is -0.505 e. The Bertz CT molecular complexity index is 1210. The van der Waals surface area contributed by atoms with E-state index in [0.717, 1.165) is 51.4 Å². The third-order valence-electron chi connectivity index (χ3n) is 7.50. The van der Waals surface area contributed by atoms with Crippen molar-refractivity contribution in [1.29, 1.82) is 0 Å². The van der Waals surface area contributed by atoms with E-state index in [1.165, 1.54) is 40.5 Å². The lowest BCUT2D eigenvalue weighted by molar-refractivity contribution is 0.0599. The van der Waals surface area contributed by atoms with Crippen LogP contribution in [-0.2, 0) is 17.6 Å². The van der Waals surface area contributed by atoms with Crippen LogP contribution in [0.15, 0.2) is 76.0 Å². The largest absolute Gasteiger partial charge is 0.505 e. The number of phenolic OH excluding ortho intramolecular Hbond substituents is 1. The van der Waals surface area contributed by atoms with Gasteiger partial charge in [0.2, 0.25) is 0 Å². The van der Waals surface area contributed by atoms with Crippen molar-refractivity contribution in [2.24, 2.45) is 0 Å². The number of rotatable bonds is 17. The standard InChI is InChI=1S/C38H57NO3/c1-27(2)14-10-16-29(5)18-12-20-31(7)22-24-33-26-35(38(41)42-9)34(36(39)37(33)40)25-23-32(8)21-13-19-30(6)17-11-15-28(3)4/h14-15,18-19,22-23,26,40H,10-13,16-17,20-21,24-25,39H2,1-9H3. The van der Waals surface area contributed by atoms with Gasteiger partial charge < -0.3 is 15.6 Å². The third kappa shape index (κ3) is 14.6. The van der Waals surface area contributed by atoms with Gasteiger partial charge in [-0.15, -0.1) is 0 Å². The molecule has 0 aliphatic carbocycles. The molecule has 0 heterocycles. The zero-order chi connectivity index (χ0) is 31.7. The first-order chi connectivity index (χ1) is 19.8. The number of nitrogens with two attached hydrogens (primary N) is 1. The molecule has 0 fully saturated rings. The summed E-state index contributed by atoms with van der Waals surface area (Å²) in [5, 5.41) is 11.0. The van der Waals surface area contributed by atoms with Crippen LogP contribution in [0.5, 0.6) is 5.75 Å². The molecule has 3 N–H and O–H groups in total. The Morgan fingerprint density at radius 1 is 0.690 bits per heavy atom. The van der Waals surface area contributed by atoms with E-state index in [9.17, 15) is 9.90 Å². The van der Waals surface area contributed by atoms with Crippen LogP contribution in [0.25, 0.3) is 0 Å². The van der Waals surface area contributed by atoms with Gasteiger partial charge in [-0.3, -0.25) is 0 Å². The second-order valence-corrected chi connectivity index (χ2v) is 12.1. The molecule has 0 radical (unpaired) electrons. The van der Waals surface area contributed by atoms with Crippen LogP contribution in [0.1, 0.15) is 128 Å². The normalized spacial score (nSPS) is 12.8. The number of hydrogen-bond donors (Lipinski definition) is 2. The quantitative estimate of drug-likeness (QED) is 0.0838. The van der Waals surface area contributed by atoms with Gasteiger partial charge in [0.15, 0.2) is 0 Å². The van der Waals surface area contributed by atoms with E-state index in [4.69, 9.17) is 10.5 Å². The summed E-state index contributed by atoms with van der Waals surface area (Å²) in [6.45, 7) is 17.1. The van der Waals surface area contributed by atoms with Crippen molar-refractivity contribution >= 4 is 11.7 Å². The highest BCUT2D eigenvalue weighted by Crippen LogP contribution is 2.34. The highest BCUT2D eigenvalue weighted by Gasteiger charge is 2.20. The molecule has 1 rings (SSSR count). The molecule has 0 saturated carbocycles. The van der Waals surface area contributed by atoms with Gasteiger partial charge in [-0.1, -0.05) is 69.9 Å². The molecule has 0 atom stereocenters. The van der Waals surface area contributed by atoms with Crippen LogP contribution in [-0.4, -0.2) is 18.2 Å². The number of anilines is 1. The number of nitrogen functional groups attached to an aromatic ring is 1. The minimum absolute atomic E-state index is 0.0534. The summed E-state index contributed by atoms with van der Waals surface area (Å²) in [7, 11) is 1.38. The molecule has 42 heavy (non-hydrogen) atoms. The lowest BCUT2D eigenvalue weighted by Crippen LogP contribution is -2.10. The predicted molar refractivity (Wildman–Crippen MR) is 182 cm³/mol. The summed E-state index contributed by atoms with van der Waals surface area (Å²) in [5.41, 5.74) is 16.3. The topological polar surface area (TPSA) is 72.5 Å². The molecular weight excluding hydrogens is 518 g/mol. The first-order valence-electron chi connectivity index (χ1n) is 15.5. The van der Waals surface area contributed by atoms with Gasteiger partial charge >= 0.3 is 5.97 Å². The fourth-order valence-corrected chi connectivity index (χ4v) is 4.70. The molecule has 0 saturated heterocycles. The van der Waals surface area contributed by atoms with Crippen LogP contribution in [0, 0.1) is 0 Å². The van der Waals surface area contributed by atoms with Gasteiger partial charge in [0.25, 0.3) is 0 Å². The van der Waals surface area contributed by atoms with Crippen molar-refractivity contribution in [1.82, 2.24) is 0 Å². The first kappa shape index (κ1) is 36.8. The SMILES string of the molecule is COC(=O)c1cc(CC=C(C)CCC=C(C)CCC=C(C)C)c(O)c(N)c1CC=C(C)CCC=C(C)CCC=C(C)C. The van der Waals surface area contributed by atoms with Crippen molar-refractivity contribution in [3.63, 3.8) is 0 Å². The van der Waals surface area contributed by atoms with Gasteiger partial charge in [-0.2, -0.15) is 0 Å². The summed E-state index contributed by atoms with van der Waals surface area (Å²) in [6.07, 6.45) is 22.5. The third-order valence-corrected chi connectivity index (χ3v) is 7.50. The highest BCUT2D eigenvalue weighted by atomic mass is 16.5. The average molecular weight is 576 g/mol. The maximum absolute atomic E-state index is 12.7. The Morgan fingerprint density at radius 2 is 1.10 bits per heavy atom. The van der Waals surface area contributed by atoms with Crippen LogP contribution >= 0.6 is 0 Å². The maximum Gasteiger partial charge on any atom is 0.338 e. The number of hydrogen-bond acceptors (Lipinski definition) is 4. The first-order valence-corrected chi connectivity index (χ1v) is 15.5. The summed E-state index contributed by atoms with van der Waals surface area (Å²) < 4.78 is 5.08. The van der Waals surface area contributed by atoms with Crippen molar-refractivity contribution in [3.05, 3.63) is 92.7 Å². The lowest BCUT2D eigenvalue weighted by atomic mass is 9.94. The van der Waals surface area contributed by atoms with Crippen molar-refractivity contribution in [3.8, 4) is 5.75 Å². The van der Waals surface area contributed by atoms with Crippen LogP contribution in [0.4, 0.5) is 5.69 Å². The number of allylic oxidation sites excluding steroid dienone is 12. The van der Waals surface area contributed by atoms with Gasteiger partial charge in [0.05, 0.1) is 18.4 Å². The monoisotopic (exact) mass is 575 g/mol. The molecule has 232 valence electrons. The van der Waals surface area contributed by atoms with E-state index in [0.29, 0.717) is 29.5 Å². The summed E-state index contributed by atoms with van der Waals surface area (Å²) >= 11 is 0. The molecule has 0 unspecified atom stereocenters. The molecule has 4 heteroatoms. The fraction of sp³-hybridized carbons (Fsp3) is 0.500. The maximum atomic E-state index is 12.7. The molecule has 4 nitrogen and oxygen atoms in total. The predicted octanol–water partition coefficient (Wildman–Crippen LogP) is 10.7. The molecule has 0 amide bonds. The van der Waals surface area contributed by atoms with E-state index in [1.807, 2.05) is 0 Å². The number of phenols is 1. The smallest absolute Gasteiger partial charge is 0.338 e. The molecule has 0 spiro atoms. The Labute approximate surface area is 256 Å². The number of ether oxygens (including phenoxy) is 1. The zero-order valence-electron chi connectivity index (χ0n) is 28.0. The molecule has 0 aromatic heterocycles. The Kier molecular flexibility index (Phi) is 17.3. The Morgan fingerprint density at radius 3 is 1.52 bits per heavy atom. The Hall–Kier alpha value is -3.27. The van der Waals surface area contributed by atoms with E-state index in [1.54, 1.807) is 6.07 Å².